The lowest BCUT2D eigenvalue weighted by Crippen LogP contribution is -2.30. The molecule has 136 valence electrons. The largest absolute Gasteiger partial charge is 0.466 e. The molecule has 4 aromatic rings. The molecule has 2 aromatic carbocycles. The number of hydrogen-bond donors (Lipinski definition) is 0. The Morgan fingerprint density at radius 2 is 1.93 bits per heavy atom. The second kappa shape index (κ2) is 7.18. The summed E-state index contributed by atoms with van der Waals surface area (Å²) >= 11 is 7.74. The van der Waals surface area contributed by atoms with Gasteiger partial charge in [-0.15, -0.1) is 0 Å². The molecule has 0 radical (unpaired) electrons. The van der Waals surface area contributed by atoms with Crippen molar-refractivity contribution in [2.75, 3.05) is 4.90 Å². The van der Waals surface area contributed by atoms with Crippen molar-refractivity contribution in [2.45, 2.75) is 20.4 Å². The van der Waals surface area contributed by atoms with E-state index in [1.165, 1.54) is 11.3 Å². The zero-order valence-electron chi connectivity index (χ0n) is 14.9. The number of aryl methyl sites for hydroxylation is 2. The van der Waals surface area contributed by atoms with Gasteiger partial charge >= 0.3 is 0 Å². The second-order valence-corrected chi connectivity index (χ2v) is 7.70. The van der Waals surface area contributed by atoms with Crippen molar-refractivity contribution >= 4 is 44.2 Å². The lowest BCUT2D eigenvalue weighted by atomic mass is 10.2. The van der Waals surface area contributed by atoms with Crippen molar-refractivity contribution in [3.63, 3.8) is 0 Å². The van der Waals surface area contributed by atoms with E-state index in [2.05, 4.69) is 4.98 Å². The van der Waals surface area contributed by atoms with Crippen LogP contribution in [-0.2, 0) is 6.54 Å². The first-order valence-corrected chi connectivity index (χ1v) is 9.70. The fraction of sp³-hybridized carbons (Fsp3) is 0.143. The summed E-state index contributed by atoms with van der Waals surface area (Å²) in [6.45, 7) is 4.06. The van der Waals surface area contributed by atoms with Crippen LogP contribution in [0.2, 0.25) is 5.02 Å². The summed E-state index contributed by atoms with van der Waals surface area (Å²) in [6.07, 6.45) is 0. The Morgan fingerprint density at radius 1 is 1.15 bits per heavy atom. The monoisotopic (exact) mass is 396 g/mol. The number of fused-ring (bicyclic) bond motifs is 1. The molecule has 1 amide bonds. The fourth-order valence-electron chi connectivity index (χ4n) is 3.00. The SMILES string of the molecule is Cc1cc(C(=O)N(Cc2ccccc2)c2nc3c(Cl)cccc3s2)c(C)o1. The third kappa shape index (κ3) is 3.48. The van der Waals surface area contributed by atoms with Crippen LogP contribution in [0, 0.1) is 13.8 Å². The van der Waals surface area contributed by atoms with Gasteiger partial charge in [0.2, 0.25) is 0 Å². The number of amides is 1. The van der Waals surface area contributed by atoms with Crippen LogP contribution in [0.4, 0.5) is 5.13 Å². The van der Waals surface area contributed by atoms with Crippen molar-refractivity contribution in [1.82, 2.24) is 4.98 Å². The van der Waals surface area contributed by atoms with Crippen LogP contribution in [0.3, 0.4) is 0 Å². The number of aromatic nitrogens is 1. The van der Waals surface area contributed by atoms with E-state index >= 15 is 0 Å². The maximum atomic E-state index is 13.3. The smallest absolute Gasteiger partial charge is 0.263 e. The maximum absolute atomic E-state index is 13.3. The van der Waals surface area contributed by atoms with Crippen molar-refractivity contribution in [2.24, 2.45) is 0 Å². The number of carbonyl (C=O) groups is 1. The summed E-state index contributed by atoms with van der Waals surface area (Å²) in [5.74, 6) is 1.18. The molecule has 0 fully saturated rings. The van der Waals surface area contributed by atoms with Gasteiger partial charge in [0.25, 0.3) is 5.91 Å². The van der Waals surface area contributed by atoms with Crippen LogP contribution in [-0.4, -0.2) is 10.9 Å². The second-order valence-electron chi connectivity index (χ2n) is 6.29. The molecule has 0 aliphatic rings. The number of nitrogens with zero attached hydrogens (tertiary/aromatic N) is 2. The molecule has 0 saturated heterocycles. The van der Waals surface area contributed by atoms with Gasteiger partial charge in [0.05, 0.1) is 21.8 Å². The lowest BCUT2D eigenvalue weighted by Gasteiger charge is -2.19. The van der Waals surface area contributed by atoms with E-state index in [9.17, 15) is 4.79 Å². The van der Waals surface area contributed by atoms with Crippen LogP contribution in [0.15, 0.2) is 59.0 Å². The number of rotatable bonds is 4. The number of hydrogen-bond acceptors (Lipinski definition) is 4. The predicted octanol–water partition coefficient (Wildman–Crippen LogP) is 6.01. The first kappa shape index (κ1) is 17.8. The van der Waals surface area contributed by atoms with Gasteiger partial charge < -0.3 is 4.42 Å². The molecular weight excluding hydrogens is 380 g/mol. The number of para-hydroxylation sites is 1. The zero-order valence-corrected chi connectivity index (χ0v) is 16.5. The minimum atomic E-state index is -0.136. The Bertz CT molecular complexity index is 1120. The number of furan rings is 1. The standard InChI is InChI=1S/C21H17ClN2O2S/c1-13-11-16(14(2)26-13)20(25)24(12-15-7-4-3-5-8-15)21-23-19-17(22)9-6-10-18(19)27-21/h3-11H,12H2,1-2H3. The van der Waals surface area contributed by atoms with E-state index < -0.39 is 0 Å². The summed E-state index contributed by atoms with van der Waals surface area (Å²) in [6, 6.07) is 17.3. The van der Waals surface area contributed by atoms with Gasteiger partial charge in [-0.05, 0) is 37.6 Å². The van der Waals surface area contributed by atoms with E-state index in [0.717, 1.165) is 10.3 Å². The molecule has 0 N–H and O–H groups in total. The van der Waals surface area contributed by atoms with Crippen LogP contribution >= 0.6 is 22.9 Å². The Balaban J connectivity index is 1.80. The number of carbonyl (C=O) groups excluding carboxylic acids is 1. The molecule has 0 atom stereocenters. The van der Waals surface area contributed by atoms with Crippen LogP contribution in [0.1, 0.15) is 27.4 Å². The van der Waals surface area contributed by atoms with E-state index in [4.69, 9.17) is 16.0 Å². The molecule has 0 saturated carbocycles. The molecule has 0 bridgehead atoms. The quantitative estimate of drug-likeness (QED) is 0.424. The molecule has 4 nitrogen and oxygen atoms in total. The molecule has 0 aliphatic heterocycles. The minimum absolute atomic E-state index is 0.136. The zero-order chi connectivity index (χ0) is 19.0. The lowest BCUT2D eigenvalue weighted by molar-refractivity contribution is 0.0983. The van der Waals surface area contributed by atoms with Crippen LogP contribution in [0.5, 0.6) is 0 Å². The van der Waals surface area contributed by atoms with Gasteiger partial charge in [0, 0.05) is 0 Å². The van der Waals surface area contributed by atoms with Crippen molar-refractivity contribution in [1.29, 1.82) is 0 Å². The highest BCUT2D eigenvalue weighted by atomic mass is 35.5. The Morgan fingerprint density at radius 3 is 2.59 bits per heavy atom. The van der Waals surface area contributed by atoms with Crippen molar-refractivity contribution < 1.29 is 9.21 Å². The fourth-order valence-corrected chi connectivity index (χ4v) is 4.26. The van der Waals surface area contributed by atoms with E-state index in [1.807, 2.05) is 49.4 Å². The summed E-state index contributed by atoms with van der Waals surface area (Å²) in [4.78, 5) is 19.7. The van der Waals surface area contributed by atoms with Gasteiger partial charge in [-0.1, -0.05) is 59.3 Å². The molecule has 2 heterocycles. The maximum Gasteiger partial charge on any atom is 0.263 e. The first-order valence-electron chi connectivity index (χ1n) is 8.51. The molecule has 0 spiro atoms. The molecule has 0 unspecified atom stereocenters. The number of benzene rings is 2. The Hall–Kier alpha value is -2.63. The summed E-state index contributed by atoms with van der Waals surface area (Å²) in [5.41, 5.74) is 2.29. The van der Waals surface area contributed by atoms with Crippen molar-refractivity contribution in [3.05, 3.63) is 82.3 Å². The van der Waals surface area contributed by atoms with Gasteiger partial charge in [0.1, 0.15) is 17.0 Å². The Kier molecular flexibility index (Phi) is 4.72. The van der Waals surface area contributed by atoms with E-state index in [-0.39, 0.29) is 5.91 Å². The van der Waals surface area contributed by atoms with Crippen molar-refractivity contribution in [3.8, 4) is 0 Å². The molecule has 27 heavy (non-hydrogen) atoms. The topological polar surface area (TPSA) is 46.3 Å². The highest BCUT2D eigenvalue weighted by molar-refractivity contribution is 7.22. The molecule has 2 aromatic heterocycles. The van der Waals surface area contributed by atoms with Gasteiger partial charge in [-0.3, -0.25) is 9.69 Å². The highest BCUT2D eigenvalue weighted by Gasteiger charge is 2.25. The summed E-state index contributed by atoms with van der Waals surface area (Å²) < 4.78 is 6.51. The predicted molar refractivity (Wildman–Crippen MR) is 110 cm³/mol. The molecule has 6 heteroatoms. The number of anilines is 1. The normalized spacial score (nSPS) is 11.1. The third-order valence-electron chi connectivity index (χ3n) is 4.29. The van der Waals surface area contributed by atoms with Crippen LogP contribution < -0.4 is 4.90 Å². The molecular formula is C21H17ClN2O2S. The molecule has 0 aliphatic carbocycles. The molecule has 4 rings (SSSR count). The van der Waals surface area contributed by atoms with E-state index in [0.29, 0.717) is 39.3 Å². The Labute approximate surface area is 166 Å². The van der Waals surface area contributed by atoms with Gasteiger partial charge in [0.15, 0.2) is 5.13 Å². The van der Waals surface area contributed by atoms with E-state index in [1.54, 1.807) is 24.0 Å². The van der Waals surface area contributed by atoms with Gasteiger partial charge in [-0.2, -0.15) is 0 Å². The minimum Gasteiger partial charge on any atom is -0.466 e. The average Bonchev–Trinajstić information content (AvgIpc) is 3.23. The van der Waals surface area contributed by atoms with Gasteiger partial charge in [-0.25, -0.2) is 4.98 Å². The number of halogens is 1. The first-order chi connectivity index (χ1) is 13.0. The highest BCUT2D eigenvalue weighted by Crippen LogP contribution is 2.34. The third-order valence-corrected chi connectivity index (χ3v) is 5.64. The average molecular weight is 397 g/mol. The summed E-state index contributed by atoms with van der Waals surface area (Å²) in [5, 5.41) is 1.20. The summed E-state index contributed by atoms with van der Waals surface area (Å²) in [7, 11) is 0. The number of thiazole rings is 1. The van der Waals surface area contributed by atoms with Crippen LogP contribution in [0.25, 0.3) is 10.2 Å².